The summed E-state index contributed by atoms with van der Waals surface area (Å²) in [6.07, 6.45) is 1.96. The minimum atomic E-state index is -0.430. The number of nitrogens with one attached hydrogen (secondary N) is 2. The Bertz CT molecular complexity index is 545. The van der Waals surface area contributed by atoms with E-state index in [0.717, 1.165) is 24.9 Å². The SMILES string of the molecule is CCC(CC)(NC(=O)CC1COCCN1)c1ccc(Cl)c(Cl)c1.Cl. The molecule has 1 atom stereocenters. The van der Waals surface area contributed by atoms with Gasteiger partial charge in [0.05, 0.1) is 28.8 Å². The summed E-state index contributed by atoms with van der Waals surface area (Å²) < 4.78 is 5.40. The van der Waals surface area contributed by atoms with E-state index in [4.69, 9.17) is 27.9 Å². The third-order valence-corrected chi connectivity index (χ3v) is 5.23. The number of rotatable bonds is 6. The van der Waals surface area contributed by atoms with E-state index in [0.29, 0.717) is 29.7 Å². The molecule has 4 nitrogen and oxygen atoms in total. The first kappa shape index (κ1) is 21.5. The molecule has 1 aromatic carbocycles. The summed E-state index contributed by atoms with van der Waals surface area (Å²) in [4.78, 5) is 12.5. The second-order valence-corrected chi connectivity index (χ2v) is 6.71. The second-order valence-electron chi connectivity index (χ2n) is 5.90. The van der Waals surface area contributed by atoms with Gasteiger partial charge >= 0.3 is 0 Å². The summed E-state index contributed by atoms with van der Waals surface area (Å²) in [7, 11) is 0. The Morgan fingerprint density at radius 1 is 1.33 bits per heavy atom. The third-order valence-electron chi connectivity index (χ3n) is 4.49. The molecule has 1 amide bonds. The van der Waals surface area contributed by atoms with Crippen molar-refractivity contribution in [3.63, 3.8) is 0 Å². The molecule has 1 aromatic rings. The molecule has 1 saturated heterocycles. The van der Waals surface area contributed by atoms with Crippen LogP contribution in [0, 0.1) is 0 Å². The van der Waals surface area contributed by atoms with Gasteiger partial charge in [0.25, 0.3) is 0 Å². The molecular weight excluding hydrogens is 371 g/mol. The smallest absolute Gasteiger partial charge is 0.222 e. The van der Waals surface area contributed by atoms with Gasteiger partial charge in [-0.2, -0.15) is 0 Å². The zero-order valence-electron chi connectivity index (χ0n) is 14.0. The summed E-state index contributed by atoms with van der Waals surface area (Å²) in [6, 6.07) is 5.63. The van der Waals surface area contributed by atoms with Crippen molar-refractivity contribution in [1.82, 2.24) is 10.6 Å². The van der Waals surface area contributed by atoms with Crippen LogP contribution in [-0.2, 0) is 15.1 Å². The van der Waals surface area contributed by atoms with Crippen molar-refractivity contribution in [3.05, 3.63) is 33.8 Å². The highest BCUT2D eigenvalue weighted by Crippen LogP contribution is 2.33. The highest BCUT2D eigenvalue weighted by Gasteiger charge is 2.31. The molecular formula is C17H25Cl3N2O2. The minimum Gasteiger partial charge on any atom is -0.378 e. The van der Waals surface area contributed by atoms with Crippen LogP contribution in [0.5, 0.6) is 0 Å². The van der Waals surface area contributed by atoms with E-state index in [1.165, 1.54) is 0 Å². The molecule has 1 fully saturated rings. The van der Waals surface area contributed by atoms with Gasteiger partial charge in [-0.05, 0) is 30.5 Å². The van der Waals surface area contributed by atoms with Crippen LogP contribution in [0.4, 0.5) is 0 Å². The van der Waals surface area contributed by atoms with E-state index in [-0.39, 0.29) is 24.4 Å². The van der Waals surface area contributed by atoms with E-state index in [9.17, 15) is 4.79 Å². The molecule has 136 valence electrons. The van der Waals surface area contributed by atoms with Crippen LogP contribution in [0.25, 0.3) is 0 Å². The number of ether oxygens (including phenoxy) is 1. The predicted molar refractivity (Wildman–Crippen MR) is 101 cm³/mol. The minimum absolute atomic E-state index is 0. The van der Waals surface area contributed by atoms with Gasteiger partial charge in [-0.15, -0.1) is 12.4 Å². The maximum Gasteiger partial charge on any atom is 0.222 e. The van der Waals surface area contributed by atoms with E-state index >= 15 is 0 Å². The molecule has 1 aliphatic rings. The van der Waals surface area contributed by atoms with Gasteiger partial charge in [-0.3, -0.25) is 4.79 Å². The van der Waals surface area contributed by atoms with Crippen molar-refractivity contribution >= 4 is 41.5 Å². The Hall–Kier alpha value is -0.520. The predicted octanol–water partition coefficient (Wildman–Crippen LogP) is 3.93. The first-order valence-corrected chi connectivity index (χ1v) is 8.84. The monoisotopic (exact) mass is 394 g/mol. The van der Waals surface area contributed by atoms with E-state index < -0.39 is 5.54 Å². The van der Waals surface area contributed by atoms with Gasteiger partial charge in [-0.1, -0.05) is 43.1 Å². The Kier molecular flexibility index (Phi) is 8.82. The van der Waals surface area contributed by atoms with Crippen LogP contribution < -0.4 is 10.6 Å². The van der Waals surface area contributed by atoms with Gasteiger partial charge in [-0.25, -0.2) is 0 Å². The highest BCUT2D eigenvalue weighted by atomic mass is 35.5. The van der Waals surface area contributed by atoms with Crippen molar-refractivity contribution in [2.75, 3.05) is 19.8 Å². The lowest BCUT2D eigenvalue weighted by molar-refractivity contribution is -0.124. The zero-order valence-corrected chi connectivity index (χ0v) is 16.4. The number of hydrogen-bond acceptors (Lipinski definition) is 3. The largest absolute Gasteiger partial charge is 0.378 e. The Morgan fingerprint density at radius 3 is 2.58 bits per heavy atom. The first-order chi connectivity index (χ1) is 11.0. The fraction of sp³-hybridized carbons (Fsp3) is 0.588. The highest BCUT2D eigenvalue weighted by molar-refractivity contribution is 6.42. The van der Waals surface area contributed by atoms with Crippen molar-refractivity contribution in [2.45, 2.75) is 44.7 Å². The molecule has 1 heterocycles. The number of carbonyl (C=O) groups is 1. The van der Waals surface area contributed by atoms with Gasteiger partial charge in [0.2, 0.25) is 5.91 Å². The summed E-state index contributed by atoms with van der Waals surface area (Å²) in [5.41, 5.74) is 0.555. The maximum atomic E-state index is 12.5. The molecule has 0 radical (unpaired) electrons. The molecule has 7 heteroatoms. The lowest BCUT2D eigenvalue weighted by Gasteiger charge is -2.35. The lowest BCUT2D eigenvalue weighted by atomic mass is 9.84. The van der Waals surface area contributed by atoms with Crippen molar-refractivity contribution in [1.29, 1.82) is 0 Å². The maximum absolute atomic E-state index is 12.5. The van der Waals surface area contributed by atoms with Crippen molar-refractivity contribution in [3.8, 4) is 0 Å². The van der Waals surface area contributed by atoms with Crippen LogP contribution in [0.1, 0.15) is 38.7 Å². The normalized spacial score (nSPS) is 17.9. The summed E-state index contributed by atoms with van der Waals surface area (Å²) in [5.74, 6) is 0.0165. The van der Waals surface area contributed by atoms with Crippen LogP contribution in [0.3, 0.4) is 0 Å². The van der Waals surface area contributed by atoms with Crippen molar-refractivity contribution in [2.24, 2.45) is 0 Å². The molecule has 1 aliphatic heterocycles. The average molecular weight is 396 g/mol. The van der Waals surface area contributed by atoms with E-state index in [1.807, 2.05) is 12.1 Å². The average Bonchev–Trinajstić information content (AvgIpc) is 2.56. The first-order valence-electron chi connectivity index (χ1n) is 8.08. The number of benzene rings is 1. The molecule has 0 aromatic heterocycles. The molecule has 0 saturated carbocycles. The van der Waals surface area contributed by atoms with Gasteiger partial charge in [0.15, 0.2) is 0 Å². The van der Waals surface area contributed by atoms with Crippen LogP contribution >= 0.6 is 35.6 Å². The van der Waals surface area contributed by atoms with E-state index in [2.05, 4.69) is 24.5 Å². The molecule has 0 aliphatic carbocycles. The van der Waals surface area contributed by atoms with Crippen molar-refractivity contribution < 1.29 is 9.53 Å². The molecule has 2 rings (SSSR count). The Morgan fingerprint density at radius 2 is 2.04 bits per heavy atom. The zero-order chi connectivity index (χ0) is 16.9. The van der Waals surface area contributed by atoms with Crippen LogP contribution in [0.2, 0.25) is 10.0 Å². The molecule has 24 heavy (non-hydrogen) atoms. The lowest BCUT2D eigenvalue weighted by Crippen LogP contribution is -2.49. The molecule has 0 spiro atoms. The van der Waals surface area contributed by atoms with Crippen LogP contribution in [-0.4, -0.2) is 31.7 Å². The summed E-state index contributed by atoms with van der Waals surface area (Å²) in [5, 5.41) is 7.53. The number of amides is 1. The molecule has 1 unspecified atom stereocenters. The third kappa shape index (κ3) is 5.24. The molecule has 0 bridgehead atoms. The van der Waals surface area contributed by atoms with Gasteiger partial charge in [0.1, 0.15) is 0 Å². The number of morpholine rings is 1. The Balaban J connectivity index is 0.00000288. The molecule has 2 N–H and O–H groups in total. The van der Waals surface area contributed by atoms with Gasteiger partial charge in [0, 0.05) is 19.0 Å². The quantitative estimate of drug-likeness (QED) is 0.767. The Labute approximate surface area is 160 Å². The standard InChI is InChI=1S/C17H24Cl2N2O2.ClH/c1-3-17(4-2,12-5-6-14(18)15(19)9-12)21-16(22)10-13-11-23-8-7-20-13;/h5-6,9,13,20H,3-4,7-8,10-11H2,1-2H3,(H,21,22);1H. The fourth-order valence-corrected chi connectivity index (χ4v) is 3.29. The number of hydrogen-bond donors (Lipinski definition) is 2. The summed E-state index contributed by atoms with van der Waals surface area (Å²) in [6.45, 7) is 6.20. The topological polar surface area (TPSA) is 50.4 Å². The fourth-order valence-electron chi connectivity index (χ4n) is 2.99. The van der Waals surface area contributed by atoms with Gasteiger partial charge < -0.3 is 15.4 Å². The number of halogens is 3. The second kappa shape index (κ2) is 9.83. The van der Waals surface area contributed by atoms with Crippen LogP contribution in [0.15, 0.2) is 18.2 Å². The van der Waals surface area contributed by atoms with E-state index in [1.54, 1.807) is 6.07 Å². The number of carbonyl (C=O) groups excluding carboxylic acids is 1. The summed E-state index contributed by atoms with van der Waals surface area (Å²) >= 11 is 12.2.